The van der Waals surface area contributed by atoms with Gasteiger partial charge in [0.1, 0.15) is 5.37 Å². The zero-order valence-electron chi connectivity index (χ0n) is 12.2. The van der Waals surface area contributed by atoms with Crippen molar-refractivity contribution in [2.75, 3.05) is 29.5 Å². The Morgan fingerprint density at radius 3 is 2.81 bits per heavy atom. The summed E-state index contributed by atoms with van der Waals surface area (Å²) < 4.78 is 25.9. The van der Waals surface area contributed by atoms with Gasteiger partial charge >= 0.3 is 0 Å². The Bertz CT molecular complexity index is 626. The highest BCUT2D eigenvalue weighted by molar-refractivity contribution is 8.01. The predicted octanol–water partition coefficient (Wildman–Crippen LogP) is 0.435. The molecule has 1 saturated heterocycles. The van der Waals surface area contributed by atoms with Crippen LogP contribution in [-0.2, 0) is 16.4 Å². The third kappa shape index (κ3) is 3.18. The average molecular weight is 332 g/mol. The lowest BCUT2D eigenvalue weighted by molar-refractivity contribution is 0.0743. The van der Waals surface area contributed by atoms with Crippen molar-refractivity contribution in [1.29, 1.82) is 0 Å². The molecule has 0 aromatic carbocycles. The molecule has 0 radical (unpaired) electrons. The monoisotopic (exact) mass is 332 g/mol. The molecule has 1 aromatic heterocycles. The van der Waals surface area contributed by atoms with Crippen LogP contribution in [0, 0.1) is 0 Å². The Balaban J connectivity index is 2.33. The molecule has 0 spiro atoms. The van der Waals surface area contributed by atoms with E-state index in [1.54, 1.807) is 29.6 Å². The van der Waals surface area contributed by atoms with Crippen LogP contribution in [0.15, 0.2) is 6.20 Å². The highest BCUT2D eigenvalue weighted by atomic mass is 32.2. The van der Waals surface area contributed by atoms with Gasteiger partial charge in [0, 0.05) is 36.5 Å². The molecule has 21 heavy (non-hydrogen) atoms. The molecule has 0 aliphatic carbocycles. The molecule has 1 aliphatic rings. The molecule has 1 fully saturated rings. The van der Waals surface area contributed by atoms with Gasteiger partial charge in [-0.2, -0.15) is 16.9 Å². The summed E-state index contributed by atoms with van der Waals surface area (Å²) in [7, 11) is -3.33. The van der Waals surface area contributed by atoms with Crippen LogP contribution >= 0.6 is 11.8 Å². The summed E-state index contributed by atoms with van der Waals surface area (Å²) in [5.41, 5.74) is 6.25. The van der Waals surface area contributed by atoms with E-state index in [0.29, 0.717) is 18.8 Å². The molecule has 2 heterocycles. The lowest BCUT2D eigenvalue weighted by Gasteiger charge is -2.34. The highest BCUT2D eigenvalue weighted by Gasteiger charge is 2.37. The Morgan fingerprint density at radius 1 is 1.52 bits per heavy atom. The molecule has 7 nitrogen and oxygen atoms in total. The number of nitrogens with two attached hydrogens (primary N) is 1. The van der Waals surface area contributed by atoms with Crippen molar-refractivity contribution in [2.45, 2.75) is 25.8 Å². The number of carbonyl (C=O) groups is 1. The summed E-state index contributed by atoms with van der Waals surface area (Å²) in [6.07, 6.45) is 1.59. The number of aryl methyl sites for hydroxylation is 1. The minimum absolute atomic E-state index is 0.0148. The van der Waals surface area contributed by atoms with Crippen molar-refractivity contribution in [3.8, 4) is 0 Å². The average Bonchev–Trinajstić information content (AvgIpc) is 2.87. The van der Waals surface area contributed by atoms with Gasteiger partial charge in [-0.3, -0.25) is 9.48 Å². The molecule has 1 aliphatic heterocycles. The van der Waals surface area contributed by atoms with E-state index in [0.717, 1.165) is 5.75 Å². The van der Waals surface area contributed by atoms with Crippen molar-refractivity contribution < 1.29 is 13.2 Å². The van der Waals surface area contributed by atoms with E-state index < -0.39 is 21.1 Å². The van der Waals surface area contributed by atoms with Gasteiger partial charge in [0.15, 0.2) is 15.5 Å². The Kier molecular flexibility index (Phi) is 4.82. The van der Waals surface area contributed by atoms with Crippen molar-refractivity contribution in [2.24, 2.45) is 0 Å². The first-order chi connectivity index (χ1) is 9.90. The highest BCUT2D eigenvalue weighted by Crippen LogP contribution is 2.24. The maximum atomic E-state index is 12.6. The van der Waals surface area contributed by atoms with Crippen LogP contribution in [0.25, 0.3) is 0 Å². The van der Waals surface area contributed by atoms with E-state index in [1.165, 1.54) is 4.90 Å². The maximum absolute atomic E-state index is 12.6. The number of anilines is 1. The van der Waals surface area contributed by atoms with E-state index >= 15 is 0 Å². The Labute approximate surface area is 128 Å². The zero-order chi connectivity index (χ0) is 15.6. The second kappa shape index (κ2) is 6.27. The molecule has 118 valence electrons. The quantitative estimate of drug-likeness (QED) is 0.859. The second-order valence-electron chi connectivity index (χ2n) is 4.77. The fraction of sp³-hybridized carbons (Fsp3) is 0.667. The number of rotatable bonds is 4. The van der Waals surface area contributed by atoms with Crippen LogP contribution in [0.5, 0.6) is 0 Å². The molecule has 0 saturated carbocycles. The molecule has 1 unspecified atom stereocenters. The first-order valence-corrected chi connectivity index (χ1v) is 9.71. The van der Waals surface area contributed by atoms with Crippen molar-refractivity contribution in [3.05, 3.63) is 11.9 Å². The van der Waals surface area contributed by atoms with Crippen LogP contribution in [0.2, 0.25) is 0 Å². The van der Waals surface area contributed by atoms with Gasteiger partial charge < -0.3 is 10.6 Å². The fourth-order valence-corrected chi connectivity index (χ4v) is 5.17. The summed E-state index contributed by atoms with van der Waals surface area (Å²) in [6.45, 7) is 4.48. The number of hydrogen-bond donors (Lipinski definition) is 1. The Hall–Kier alpha value is -1.22. The fourth-order valence-electron chi connectivity index (χ4n) is 2.20. The maximum Gasteiger partial charge on any atom is 0.277 e. The lowest BCUT2D eigenvalue weighted by atomic mass is 10.3. The molecule has 0 bridgehead atoms. The number of thioether (sulfide) groups is 1. The zero-order valence-corrected chi connectivity index (χ0v) is 13.8. The number of hydrogen-bond acceptors (Lipinski definition) is 6. The summed E-state index contributed by atoms with van der Waals surface area (Å²) in [5.74, 6) is 0.731. The third-order valence-electron chi connectivity index (χ3n) is 3.48. The minimum Gasteiger partial charge on any atom is -0.396 e. The molecule has 9 heteroatoms. The lowest BCUT2D eigenvalue weighted by Crippen LogP contribution is -2.50. The van der Waals surface area contributed by atoms with Crippen molar-refractivity contribution >= 4 is 33.2 Å². The van der Waals surface area contributed by atoms with Gasteiger partial charge in [-0.25, -0.2) is 8.42 Å². The van der Waals surface area contributed by atoms with E-state index in [9.17, 15) is 13.2 Å². The molecular weight excluding hydrogens is 312 g/mol. The molecular formula is C12H20N4O3S2. The molecule has 1 atom stereocenters. The standard InChI is InChI=1S/C12H20N4O3S2/c1-3-15-7-9(13)11(14-15)12(17)16-5-6-20-8-10(16)21(18,19)4-2/h7,10H,3-6,8,13H2,1-2H3. The van der Waals surface area contributed by atoms with E-state index in [4.69, 9.17) is 5.73 Å². The first kappa shape index (κ1) is 16.2. The van der Waals surface area contributed by atoms with Crippen LogP contribution < -0.4 is 5.73 Å². The van der Waals surface area contributed by atoms with Crippen LogP contribution in [0.1, 0.15) is 24.3 Å². The number of carbonyl (C=O) groups excluding carboxylic acids is 1. The van der Waals surface area contributed by atoms with Gasteiger partial charge in [-0.15, -0.1) is 0 Å². The summed E-state index contributed by atoms with van der Waals surface area (Å²) >= 11 is 1.55. The summed E-state index contributed by atoms with van der Waals surface area (Å²) in [5, 5.41) is 3.35. The van der Waals surface area contributed by atoms with Crippen molar-refractivity contribution in [1.82, 2.24) is 14.7 Å². The third-order valence-corrected chi connectivity index (χ3v) is 6.77. The van der Waals surface area contributed by atoms with Crippen LogP contribution in [0.4, 0.5) is 5.69 Å². The van der Waals surface area contributed by atoms with Gasteiger partial charge in [0.25, 0.3) is 5.91 Å². The molecule has 2 rings (SSSR count). The number of sulfone groups is 1. The van der Waals surface area contributed by atoms with Crippen LogP contribution in [0.3, 0.4) is 0 Å². The smallest absolute Gasteiger partial charge is 0.277 e. The summed E-state index contributed by atoms with van der Waals surface area (Å²) in [4.78, 5) is 14.0. The number of nitrogens with zero attached hydrogens (tertiary/aromatic N) is 3. The first-order valence-electron chi connectivity index (χ1n) is 6.84. The van der Waals surface area contributed by atoms with Gasteiger partial charge in [0.05, 0.1) is 5.69 Å². The number of amides is 1. The van der Waals surface area contributed by atoms with Crippen molar-refractivity contribution in [3.63, 3.8) is 0 Å². The molecule has 2 N–H and O–H groups in total. The van der Waals surface area contributed by atoms with Crippen LogP contribution in [-0.4, -0.2) is 58.2 Å². The molecule has 1 amide bonds. The Morgan fingerprint density at radius 2 is 2.24 bits per heavy atom. The van der Waals surface area contributed by atoms with E-state index in [2.05, 4.69) is 5.10 Å². The van der Waals surface area contributed by atoms with E-state index in [-0.39, 0.29) is 17.1 Å². The topological polar surface area (TPSA) is 98.3 Å². The van der Waals surface area contributed by atoms with Gasteiger partial charge in [-0.1, -0.05) is 6.92 Å². The second-order valence-corrected chi connectivity index (χ2v) is 8.37. The molecule has 1 aromatic rings. The summed E-state index contributed by atoms with van der Waals surface area (Å²) in [6, 6.07) is 0. The number of aromatic nitrogens is 2. The largest absolute Gasteiger partial charge is 0.396 e. The predicted molar refractivity (Wildman–Crippen MR) is 83.9 cm³/mol. The minimum atomic E-state index is -3.33. The van der Waals surface area contributed by atoms with Gasteiger partial charge in [0.2, 0.25) is 0 Å². The normalized spacial score (nSPS) is 19.7. The SMILES string of the molecule is CCn1cc(N)c(C(=O)N2CCSCC2S(=O)(=O)CC)n1. The number of nitrogen functional groups attached to an aromatic ring is 1. The van der Waals surface area contributed by atoms with E-state index in [1.807, 2.05) is 6.92 Å². The van der Waals surface area contributed by atoms with Gasteiger partial charge in [-0.05, 0) is 6.92 Å².